The van der Waals surface area contributed by atoms with Crippen LogP contribution in [0.1, 0.15) is 19.8 Å². The fourth-order valence-corrected chi connectivity index (χ4v) is 0.955. The summed E-state index contributed by atoms with van der Waals surface area (Å²) in [7, 11) is 0. The molecular formula is C8H13NO. The van der Waals surface area contributed by atoms with Crippen molar-refractivity contribution in [1.29, 1.82) is 0 Å². The highest BCUT2D eigenvalue weighted by molar-refractivity contribution is 5.22. The molecular weight excluding hydrogens is 126 g/mol. The molecule has 0 aliphatic carbocycles. The SMILES string of the molecule is CCCC1=CNC(O)C=C1. The first kappa shape index (κ1) is 7.35. The van der Waals surface area contributed by atoms with Crippen LogP contribution in [0.5, 0.6) is 0 Å². The molecule has 1 atom stereocenters. The molecule has 0 aromatic carbocycles. The summed E-state index contributed by atoms with van der Waals surface area (Å²) in [6.45, 7) is 2.14. The highest BCUT2D eigenvalue weighted by Crippen LogP contribution is 2.08. The van der Waals surface area contributed by atoms with Crippen molar-refractivity contribution in [3.63, 3.8) is 0 Å². The molecule has 2 nitrogen and oxygen atoms in total. The molecule has 0 aromatic rings. The minimum Gasteiger partial charge on any atom is -0.370 e. The highest BCUT2D eigenvalue weighted by atomic mass is 16.3. The Morgan fingerprint density at radius 3 is 3.00 bits per heavy atom. The van der Waals surface area contributed by atoms with Gasteiger partial charge < -0.3 is 10.4 Å². The van der Waals surface area contributed by atoms with E-state index in [2.05, 4.69) is 12.2 Å². The average molecular weight is 139 g/mol. The van der Waals surface area contributed by atoms with E-state index in [4.69, 9.17) is 5.11 Å². The number of hydrogen-bond acceptors (Lipinski definition) is 2. The Kier molecular flexibility index (Phi) is 2.51. The molecule has 0 spiro atoms. The summed E-state index contributed by atoms with van der Waals surface area (Å²) in [4.78, 5) is 0. The van der Waals surface area contributed by atoms with Gasteiger partial charge in [0, 0.05) is 6.20 Å². The smallest absolute Gasteiger partial charge is 0.143 e. The molecule has 0 bridgehead atoms. The van der Waals surface area contributed by atoms with Crippen LogP contribution < -0.4 is 5.32 Å². The minimum absolute atomic E-state index is 0.486. The van der Waals surface area contributed by atoms with E-state index in [1.807, 2.05) is 12.3 Å². The van der Waals surface area contributed by atoms with Gasteiger partial charge in [0.15, 0.2) is 0 Å². The molecule has 2 N–H and O–H groups in total. The monoisotopic (exact) mass is 139 g/mol. The fourth-order valence-electron chi connectivity index (χ4n) is 0.955. The molecule has 1 heterocycles. The number of rotatable bonds is 2. The van der Waals surface area contributed by atoms with Gasteiger partial charge in [-0.05, 0) is 18.1 Å². The van der Waals surface area contributed by atoms with Crippen molar-refractivity contribution < 1.29 is 5.11 Å². The lowest BCUT2D eigenvalue weighted by molar-refractivity contribution is 0.200. The van der Waals surface area contributed by atoms with Crippen molar-refractivity contribution in [1.82, 2.24) is 5.32 Å². The second kappa shape index (κ2) is 3.42. The largest absolute Gasteiger partial charge is 0.370 e. The van der Waals surface area contributed by atoms with Crippen molar-refractivity contribution in [3.05, 3.63) is 23.9 Å². The Bertz CT molecular complexity index is 161. The Labute approximate surface area is 61.3 Å². The molecule has 0 aromatic heterocycles. The highest BCUT2D eigenvalue weighted by Gasteiger charge is 2.00. The first-order chi connectivity index (χ1) is 4.83. The predicted octanol–water partition coefficient (Wildman–Crippen LogP) is 1.15. The zero-order valence-electron chi connectivity index (χ0n) is 6.17. The van der Waals surface area contributed by atoms with Crippen molar-refractivity contribution in [2.24, 2.45) is 0 Å². The van der Waals surface area contributed by atoms with E-state index in [1.54, 1.807) is 6.08 Å². The molecule has 0 saturated heterocycles. The lowest BCUT2D eigenvalue weighted by Gasteiger charge is -2.12. The Morgan fingerprint density at radius 1 is 1.70 bits per heavy atom. The first-order valence-electron chi connectivity index (χ1n) is 3.64. The number of dihydropyridines is 1. The van der Waals surface area contributed by atoms with Crippen LogP contribution in [0.25, 0.3) is 0 Å². The second-order valence-corrected chi connectivity index (χ2v) is 2.44. The van der Waals surface area contributed by atoms with Gasteiger partial charge in [-0.25, -0.2) is 0 Å². The van der Waals surface area contributed by atoms with Gasteiger partial charge in [-0.3, -0.25) is 0 Å². The molecule has 0 saturated carbocycles. The van der Waals surface area contributed by atoms with Gasteiger partial charge in [-0.1, -0.05) is 19.4 Å². The maximum Gasteiger partial charge on any atom is 0.143 e. The quantitative estimate of drug-likeness (QED) is 0.601. The van der Waals surface area contributed by atoms with Crippen molar-refractivity contribution >= 4 is 0 Å². The van der Waals surface area contributed by atoms with E-state index in [1.165, 1.54) is 5.57 Å². The van der Waals surface area contributed by atoms with Gasteiger partial charge in [0.2, 0.25) is 0 Å². The van der Waals surface area contributed by atoms with Gasteiger partial charge >= 0.3 is 0 Å². The van der Waals surface area contributed by atoms with Crippen molar-refractivity contribution in [2.75, 3.05) is 0 Å². The van der Waals surface area contributed by atoms with E-state index >= 15 is 0 Å². The lowest BCUT2D eigenvalue weighted by atomic mass is 10.1. The average Bonchev–Trinajstić information content (AvgIpc) is 1.95. The third-order valence-electron chi connectivity index (χ3n) is 1.47. The van der Waals surface area contributed by atoms with E-state index in [-0.39, 0.29) is 0 Å². The van der Waals surface area contributed by atoms with Crippen molar-refractivity contribution in [3.8, 4) is 0 Å². The molecule has 0 amide bonds. The number of allylic oxidation sites excluding steroid dienone is 2. The number of aliphatic hydroxyl groups excluding tert-OH is 1. The van der Waals surface area contributed by atoms with Gasteiger partial charge in [-0.2, -0.15) is 0 Å². The van der Waals surface area contributed by atoms with Crippen LogP contribution >= 0.6 is 0 Å². The summed E-state index contributed by atoms with van der Waals surface area (Å²) in [5.74, 6) is 0. The number of hydrogen-bond donors (Lipinski definition) is 2. The predicted molar refractivity (Wildman–Crippen MR) is 41.3 cm³/mol. The number of nitrogens with one attached hydrogen (secondary N) is 1. The molecule has 0 fully saturated rings. The molecule has 0 radical (unpaired) electrons. The van der Waals surface area contributed by atoms with Crippen LogP contribution in [-0.4, -0.2) is 11.3 Å². The van der Waals surface area contributed by atoms with Crippen LogP contribution in [0.15, 0.2) is 23.9 Å². The maximum atomic E-state index is 8.95. The molecule has 1 aliphatic heterocycles. The van der Waals surface area contributed by atoms with Crippen LogP contribution in [0.3, 0.4) is 0 Å². The Morgan fingerprint density at radius 2 is 2.50 bits per heavy atom. The van der Waals surface area contributed by atoms with E-state index in [9.17, 15) is 0 Å². The Hall–Kier alpha value is -0.760. The zero-order chi connectivity index (χ0) is 7.40. The van der Waals surface area contributed by atoms with Crippen molar-refractivity contribution in [2.45, 2.75) is 26.0 Å². The standard InChI is InChI=1S/C8H13NO/c1-2-3-7-4-5-8(10)9-6-7/h4-6,8-10H,2-3H2,1H3. The number of aliphatic hydroxyl groups is 1. The summed E-state index contributed by atoms with van der Waals surface area (Å²) < 4.78 is 0. The second-order valence-electron chi connectivity index (χ2n) is 2.44. The summed E-state index contributed by atoms with van der Waals surface area (Å²) in [6.07, 6.45) is 7.33. The van der Waals surface area contributed by atoms with E-state index in [0.717, 1.165) is 12.8 Å². The van der Waals surface area contributed by atoms with Gasteiger partial charge in [0.1, 0.15) is 6.23 Å². The Balaban J connectivity index is 2.42. The van der Waals surface area contributed by atoms with E-state index in [0.29, 0.717) is 0 Å². The summed E-state index contributed by atoms with van der Waals surface area (Å²) in [6, 6.07) is 0. The third kappa shape index (κ3) is 1.88. The zero-order valence-corrected chi connectivity index (χ0v) is 6.17. The summed E-state index contributed by atoms with van der Waals surface area (Å²) in [5, 5.41) is 11.8. The molecule has 1 aliphatic rings. The molecule has 1 rings (SSSR count). The topological polar surface area (TPSA) is 32.3 Å². The maximum absolute atomic E-state index is 8.95. The molecule has 10 heavy (non-hydrogen) atoms. The summed E-state index contributed by atoms with van der Waals surface area (Å²) >= 11 is 0. The van der Waals surface area contributed by atoms with Crippen LogP contribution in [0, 0.1) is 0 Å². The molecule has 56 valence electrons. The minimum atomic E-state index is -0.486. The normalized spacial score (nSPS) is 23.8. The lowest BCUT2D eigenvalue weighted by Crippen LogP contribution is -2.23. The van der Waals surface area contributed by atoms with Crippen LogP contribution in [0.2, 0.25) is 0 Å². The van der Waals surface area contributed by atoms with E-state index < -0.39 is 6.23 Å². The molecule has 2 heteroatoms. The van der Waals surface area contributed by atoms with Gasteiger partial charge in [-0.15, -0.1) is 0 Å². The van der Waals surface area contributed by atoms with Crippen LogP contribution in [-0.2, 0) is 0 Å². The van der Waals surface area contributed by atoms with Gasteiger partial charge in [0.25, 0.3) is 0 Å². The summed E-state index contributed by atoms with van der Waals surface area (Å²) in [5.41, 5.74) is 1.26. The molecule has 1 unspecified atom stereocenters. The fraction of sp³-hybridized carbons (Fsp3) is 0.500. The van der Waals surface area contributed by atoms with Gasteiger partial charge in [0.05, 0.1) is 0 Å². The van der Waals surface area contributed by atoms with Crippen LogP contribution in [0.4, 0.5) is 0 Å². The first-order valence-corrected chi connectivity index (χ1v) is 3.64. The third-order valence-corrected chi connectivity index (χ3v) is 1.47.